The second-order valence-corrected chi connectivity index (χ2v) is 7.28. The number of fused-ring (bicyclic) bond motifs is 2. The Balaban J connectivity index is 1.62. The molecule has 0 aliphatic carbocycles. The molecule has 13 heteroatoms. The van der Waals surface area contributed by atoms with Crippen LogP contribution in [0.15, 0.2) is 15.9 Å². The fourth-order valence-electron chi connectivity index (χ4n) is 3.39. The number of aromatic nitrogens is 9. The summed E-state index contributed by atoms with van der Waals surface area (Å²) in [6.45, 7) is 3.14. The number of nitrogen functional groups attached to an aromatic ring is 1. The monoisotopic (exact) mass is 432 g/mol. The lowest BCUT2D eigenvalue weighted by atomic mass is 10.2. The number of aryl methyl sites for hydroxylation is 2. The van der Waals surface area contributed by atoms with Gasteiger partial charge >= 0.3 is 5.69 Å². The maximum Gasteiger partial charge on any atom is 0.332 e. The number of nitrogens with zero attached hydrogens (tertiary/aromatic N) is 8. The van der Waals surface area contributed by atoms with Crippen molar-refractivity contribution in [2.45, 2.75) is 52.2 Å². The molecule has 0 fully saturated rings. The van der Waals surface area contributed by atoms with Crippen LogP contribution in [-0.2, 0) is 19.6 Å². The Morgan fingerprint density at radius 2 is 1.87 bits per heavy atom. The summed E-state index contributed by atoms with van der Waals surface area (Å²) in [6.07, 6.45) is 4.58. The predicted molar refractivity (Wildman–Crippen MR) is 111 cm³/mol. The molecule has 0 bridgehead atoms. The quantitative estimate of drug-likeness (QED) is 0.307. The van der Waals surface area contributed by atoms with Crippen molar-refractivity contribution in [3.63, 3.8) is 0 Å². The van der Waals surface area contributed by atoms with Crippen molar-refractivity contribution in [1.29, 1.82) is 0 Å². The van der Waals surface area contributed by atoms with Gasteiger partial charge in [-0.3, -0.25) is 13.9 Å². The molecule has 158 valence electrons. The summed E-state index contributed by atoms with van der Waals surface area (Å²) in [5.74, 6) is 0.249. The summed E-state index contributed by atoms with van der Waals surface area (Å²) in [4.78, 5) is 40.8. The van der Waals surface area contributed by atoms with Crippen LogP contribution < -0.4 is 17.0 Å². The van der Waals surface area contributed by atoms with E-state index in [2.05, 4.69) is 37.2 Å². The second kappa shape index (κ2) is 8.22. The number of imidazole rings is 1. The maximum atomic E-state index is 13.0. The van der Waals surface area contributed by atoms with Gasteiger partial charge in [0.05, 0.1) is 0 Å². The summed E-state index contributed by atoms with van der Waals surface area (Å²) in [6, 6.07) is 0. The first-order valence-corrected chi connectivity index (χ1v) is 10.1. The number of unbranched alkanes of at least 4 members (excludes halogenated alkanes) is 2. The number of halogens is 1. The third kappa shape index (κ3) is 3.54. The number of hydrogen-bond donors (Lipinski definition) is 2. The molecule has 4 aromatic heterocycles. The summed E-state index contributed by atoms with van der Waals surface area (Å²) in [5.41, 5.74) is 6.36. The van der Waals surface area contributed by atoms with Crippen LogP contribution in [0.5, 0.6) is 0 Å². The molecule has 3 N–H and O–H groups in total. The molecule has 0 atom stereocenters. The molecule has 4 rings (SSSR count). The van der Waals surface area contributed by atoms with E-state index in [1.807, 2.05) is 0 Å². The van der Waals surface area contributed by atoms with Gasteiger partial charge in [0.15, 0.2) is 28.1 Å². The molecule has 0 spiro atoms. The first kappa shape index (κ1) is 20.0. The van der Waals surface area contributed by atoms with Gasteiger partial charge in [0, 0.05) is 19.6 Å². The molecule has 4 aromatic rings. The zero-order chi connectivity index (χ0) is 21.3. The minimum absolute atomic E-state index is 0.0786. The van der Waals surface area contributed by atoms with E-state index in [9.17, 15) is 9.59 Å². The van der Waals surface area contributed by atoms with Crippen molar-refractivity contribution >= 4 is 39.7 Å². The van der Waals surface area contributed by atoms with E-state index in [1.54, 1.807) is 4.68 Å². The summed E-state index contributed by atoms with van der Waals surface area (Å²) >= 11 is 5.96. The van der Waals surface area contributed by atoms with Crippen molar-refractivity contribution < 1.29 is 0 Å². The standard InChI is InChI=1S/C17H21ClN10O2/c1-2-3-4-6-26-14-11(22-16(18)23-14)15(29)27(17(26)30)7-5-8-28-13-10(24-25-28)12(19)20-9-21-13/h9H,2-8H2,1H3,(H,22,23)(H2,19,20,21). The van der Waals surface area contributed by atoms with Gasteiger partial charge in [0.1, 0.15) is 6.33 Å². The lowest BCUT2D eigenvalue weighted by Gasteiger charge is -2.11. The number of nitrogens with one attached hydrogen (secondary N) is 1. The summed E-state index contributed by atoms with van der Waals surface area (Å²) < 4.78 is 4.28. The van der Waals surface area contributed by atoms with Gasteiger partial charge in [-0.2, -0.15) is 4.98 Å². The fraction of sp³-hybridized carbons (Fsp3) is 0.471. The Morgan fingerprint density at radius 3 is 2.67 bits per heavy atom. The van der Waals surface area contributed by atoms with Crippen LogP contribution in [0.25, 0.3) is 22.3 Å². The Bertz CT molecular complexity index is 1320. The average molecular weight is 433 g/mol. The highest BCUT2D eigenvalue weighted by molar-refractivity contribution is 6.28. The molecule has 0 unspecified atom stereocenters. The molecule has 0 amide bonds. The van der Waals surface area contributed by atoms with Crippen LogP contribution in [0.3, 0.4) is 0 Å². The second-order valence-electron chi connectivity index (χ2n) is 6.92. The van der Waals surface area contributed by atoms with Gasteiger partial charge in [0.25, 0.3) is 5.56 Å². The zero-order valence-corrected chi connectivity index (χ0v) is 17.1. The van der Waals surface area contributed by atoms with Crippen LogP contribution in [0, 0.1) is 0 Å². The zero-order valence-electron chi connectivity index (χ0n) is 16.4. The molecule has 0 radical (unpaired) electrons. The third-order valence-electron chi connectivity index (χ3n) is 4.90. The van der Waals surface area contributed by atoms with Crippen molar-refractivity contribution in [2.75, 3.05) is 5.73 Å². The highest BCUT2D eigenvalue weighted by atomic mass is 35.5. The van der Waals surface area contributed by atoms with E-state index < -0.39 is 11.2 Å². The fourth-order valence-corrected chi connectivity index (χ4v) is 3.57. The van der Waals surface area contributed by atoms with Crippen LogP contribution >= 0.6 is 11.6 Å². The number of H-pyrrole nitrogens is 1. The number of nitrogens with two attached hydrogens (primary N) is 1. The Hall–Kier alpha value is -3.28. The molecule has 0 aliphatic rings. The van der Waals surface area contributed by atoms with Crippen LogP contribution in [0.1, 0.15) is 32.6 Å². The number of hydrogen-bond acceptors (Lipinski definition) is 8. The normalized spacial score (nSPS) is 11.7. The molecule has 4 heterocycles. The molecule has 0 aromatic carbocycles. The van der Waals surface area contributed by atoms with Gasteiger partial charge in [-0.25, -0.2) is 19.4 Å². The molecule has 30 heavy (non-hydrogen) atoms. The van der Waals surface area contributed by atoms with E-state index >= 15 is 0 Å². The van der Waals surface area contributed by atoms with E-state index in [0.29, 0.717) is 30.7 Å². The number of anilines is 1. The van der Waals surface area contributed by atoms with E-state index in [1.165, 1.54) is 15.5 Å². The van der Waals surface area contributed by atoms with Crippen molar-refractivity contribution in [3.05, 3.63) is 32.4 Å². The van der Waals surface area contributed by atoms with Gasteiger partial charge in [-0.1, -0.05) is 25.0 Å². The molecule has 0 saturated heterocycles. The SMILES string of the molecule is CCCCCn1c(=O)n(CCCn2nnc3c(N)ncnc32)c(=O)c2[nH]c(Cl)nc21. The molecule has 0 aliphatic heterocycles. The largest absolute Gasteiger partial charge is 0.382 e. The Morgan fingerprint density at radius 1 is 1.07 bits per heavy atom. The van der Waals surface area contributed by atoms with Crippen molar-refractivity contribution in [1.82, 2.24) is 44.1 Å². The van der Waals surface area contributed by atoms with E-state index in [-0.39, 0.29) is 28.8 Å². The third-order valence-corrected chi connectivity index (χ3v) is 5.08. The highest BCUT2D eigenvalue weighted by Gasteiger charge is 2.17. The Labute approximate surface area is 174 Å². The van der Waals surface area contributed by atoms with Crippen molar-refractivity contribution in [3.8, 4) is 0 Å². The lowest BCUT2D eigenvalue weighted by molar-refractivity contribution is 0.485. The predicted octanol–water partition coefficient (Wildman–Crippen LogP) is 0.937. The maximum absolute atomic E-state index is 13.0. The number of rotatable bonds is 8. The number of aromatic amines is 1. The van der Waals surface area contributed by atoms with Gasteiger partial charge in [-0.15, -0.1) is 5.10 Å². The van der Waals surface area contributed by atoms with E-state index in [4.69, 9.17) is 17.3 Å². The van der Waals surface area contributed by atoms with Crippen molar-refractivity contribution in [2.24, 2.45) is 0 Å². The lowest BCUT2D eigenvalue weighted by Crippen LogP contribution is -2.40. The average Bonchev–Trinajstić information content (AvgIpc) is 3.32. The summed E-state index contributed by atoms with van der Waals surface area (Å²) in [5, 5.41) is 8.09. The van der Waals surface area contributed by atoms with Gasteiger partial charge < -0.3 is 10.7 Å². The Kier molecular flexibility index (Phi) is 5.48. The van der Waals surface area contributed by atoms with Gasteiger partial charge in [-0.05, 0) is 24.4 Å². The molecular weight excluding hydrogens is 412 g/mol. The minimum Gasteiger partial charge on any atom is -0.382 e. The topological polar surface area (TPSA) is 155 Å². The first-order chi connectivity index (χ1) is 14.5. The minimum atomic E-state index is -0.448. The molecular formula is C17H21ClN10O2. The van der Waals surface area contributed by atoms with Crippen LogP contribution in [0.4, 0.5) is 5.82 Å². The van der Waals surface area contributed by atoms with E-state index in [0.717, 1.165) is 19.3 Å². The summed E-state index contributed by atoms with van der Waals surface area (Å²) in [7, 11) is 0. The molecule has 12 nitrogen and oxygen atoms in total. The smallest absolute Gasteiger partial charge is 0.332 e. The first-order valence-electron chi connectivity index (χ1n) is 9.69. The van der Waals surface area contributed by atoms with Gasteiger partial charge in [0.2, 0.25) is 5.28 Å². The molecule has 0 saturated carbocycles. The van der Waals surface area contributed by atoms with Crippen LogP contribution in [0.2, 0.25) is 5.28 Å². The highest BCUT2D eigenvalue weighted by Crippen LogP contribution is 2.13. The van der Waals surface area contributed by atoms with Crippen LogP contribution in [-0.4, -0.2) is 44.1 Å².